The number of aromatic nitrogens is 1. The molecule has 1 N–H and O–H groups in total. The third kappa shape index (κ3) is 6.98. The number of hydrogen-bond donors (Lipinski definition) is 1. The van der Waals surface area contributed by atoms with Crippen molar-refractivity contribution in [3.63, 3.8) is 0 Å². The molecule has 0 saturated carbocycles. The molecule has 0 amide bonds. The lowest BCUT2D eigenvalue weighted by atomic mass is 10.0. The van der Waals surface area contributed by atoms with Gasteiger partial charge in [-0.25, -0.2) is 9.78 Å². The lowest BCUT2D eigenvalue weighted by molar-refractivity contribution is -0.132. The van der Waals surface area contributed by atoms with E-state index in [1.54, 1.807) is 36.5 Å². The zero-order chi connectivity index (χ0) is 23.8. The Balaban J connectivity index is 1.70. The van der Waals surface area contributed by atoms with Crippen molar-refractivity contribution in [1.82, 2.24) is 4.98 Å². The molecule has 0 saturated heterocycles. The predicted molar refractivity (Wildman–Crippen MR) is 131 cm³/mol. The van der Waals surface area contributed by atoms with Gasteiger partial charge in [0.25, 0.3) is 0 Å². The molecule has 1 aromatic heterocycles. The van der Waals surface area contributed by atoms with Crippen molar-refractivity contribution < 1.29 is 19.4 Å². The first kappa shape index (κ1) is 24.6. The zero-order valence-corrected chi connectivity index (χ0v) is 20.0. The summed E-state index contributed by atoms with van der Waals surface area (Å²) in [5.74, 6) is 0.464. The van der Waals surface area contributed by atoms with Gasteiger partial charge in [0.2, 0.25) is 5.88 Å². The van der Waals surface area contributed by atoms with Gasteiger partial charge in [-0.1, -0.05) is 54.7 Å². The summed E-state index contributed by atoms with van der Waals surface area (Å²) in [6, 6.07) is 14.4. The van der Waals surface area contributed by atoms with Crippen molar-refractivity contribution >= 4 is 35.2 Å². The normalized spacial score (nSPS) is 11.3. The number of hydrogen-bond acceptors (Lipinski definition) is 4. The van der Waals surface area contributed by atoms with E-state index < -0.39 is 5.97 Å². The molecular formula is C26H25Cl2NO4. The molecule has 0 unspecified atom stereocenters. The molecule has 0 spiro atoms. The van der Waals surface area contributed by atoms with Crippen molar-refractivity contribution in [3.8, 4) is 17.4 Å². The van der Waals surface area contributed by atoms with E-state index in [4.69, 9.17) is 32.7 Å². The summed E-state index contributed by atoms with van der Waals surface area (Å²) in [7, 11) is 0. The standard InChI is InChI=1S/C26H25Cl2NO4/c1-3-4-7-18(26(30)31)13-20-14-23(28)24(12-17(20)2)33-25-11-10-21(15-29-25)32-16-19-8-5-6-9-22(19)27/h5-6,8-15H,3-4,7,16H2,1-2H3,(H,30,31). The fourth-order valence-electron chi connectivity index (χ4n) is 3.10. The molecule has 2 aromatic carbocycles. The van der Waals surface area contributed by atoms with Crippen LogP contribution in [0.25, 0.3) is 6.08 Å². The predicted octanol–water partition coefficient (Wildman–Crippen LogP) is 7.73. The van der Waals surface area contributed by atoms with Gasteiger partial charge in [-0.15, -0.1) is 0 Å². The summed E-state index contributed by atoms with van der Waals surface area (Å²) in [5.41, 5.74) is 2.84. The first-order chi connectivity index (χ1) is 15.9. The minimum Gasteiger partial charge on any atom is -0.487 e. The van der Waals surface area contributed by atoms with Crippen molar-refractivity contribution in [1.29, 1.82) is 0 Å². The molecule has 3 rings (SSSR count). The number of ether oxygens (including phenoxy) is 2. The number of carboxylic acid groups (broad SMARTS) is 1. The van der Waals surface area contributed by atoms with Gasteiger partial charge < -0.3 is 14.6 Å². The van der Waals surface area contributed by atoms with Crippen LogP contribution in [0.4, 0.5) is 0 Å². The fraction of sp³-hybridized carbons (Fsp3) is 0.231. The summed E-state index contributed by atoms with van der Waals surface area (Å²) in [5, 5.41) is 10.5. The average Bonchev–Trinajstić information content (AvgIpc) is 2.79. The van der Waals surface area contributed by atoms with E-state index in [0.29, 0.717) is 46.0 Å². The van der Waals surface area contributed by atoms with Gasteiger partial charge in [0.1, 0.15) is 18.1 Å². The van der Waals surface area contributed by atoms with Crippen LogP contribution >= 0.6 is 23.2 Å². The Kier molecular flexibility index (Phi) is 8.75. The number of aliphatic carboxylic acids is 1. The Bertz CT molecular complexity index is 1140. The molecule has 172 valence electrons. The third-order valence-corrected chi connectivity index (χ3v) is 5.66. The fourth-order valence-corrected chi connectivity index (χ4v) is 3.50. The number of carbonyl (C=O) groups is 1. The average molecular weight is 486 g/mol. The van der Waals surface area contributed by atoms with Gasteiger partial charge in [-0.2, -0.15) is 0 Å². The smallest absolute Gasteiger partial charge is 0.331 e. The molecule has 5 nitrogen and oxygen atoms in total. The van der Waals surface area contributed by atoms with Crippen molar-refractivity contribution in [3.05, 3.63) is 87.0 Å². The highest BCUT2D eigenvalue weighted by molar-refractivity contribution is 6.32. The Morgan fingerprint density at radius 3 is 2.58 bits per heavy atom. The highest BCUT2D eigenvalue weighted by Gasteiger charge is 2.12. The molecule has 1 heterocycles. The highest BCUT2D eigenvalue weighted by Crippen LogP contribution is 2.33. The molecule has 0 aliphatic carbocycles. The summed E-state index contributed by atoms with van der Waals surface area (Å²) in [6.07, 6.45) is 5.49. The van der Waals surface area contributed by atoms with E-state index in [0.717, 1.165) is 29.5 Å². The second-order valence-electron chi connectivity index (χ2n) is 7.53. The van der Waals surface area contributed by atoms with Crippen LogP contribution in [0.2, 0.25) is 10.0 Å². The van der Waals surface area contributed by atoms with Crippen LogP contribution in [0.3, 0.4) is 0 Å². The van der Waals surface area contributed by atoms with Crippen LogP contribution in [-0.2, 0) is 11.4 Å². The zero-order valence-electron chi connectivity index (χ0n) is 18.5. The van der Waals surface area contributed by atoms with E-state index in [1.807, 2.05) is 38.1 Å². The van der Waals surface area contributed by atoms with Gasteiger partial charge in [0.05, 0.1) is 11.2 Å². The molecule has 0 aliphatic rings. The number of benzene rings is 2. The Labute approximate surface area is 203 Å². The molecule has 7 heteroatoms. The van der Waals surface area contributed by atoms with E-state index in [2.05, 4.69) is 4.98 Å². The maximum Gasteiger partial charge on any atom is 0.331 e. The number of nitrogens with zero attached hydrogens (tertiary/aromatic N) is 1. The quantitative estimate of drug-likeness (QED) is 0.297. The van der Waals surface area contributed by atoms with E-state index in [1.165, 1.54) is 0 Å². The van der Waals surface area contributed by atoms with E-state index in [9.17, 15) is 9.90 Å². The van der Waals surface area contributed by atoms with E-state index in [-0.39, 0.29) is 0 Å². The molecule has 33 heavy (non-hydrogen) atoms. The maximum atomic E-state index is 11.5. The van der Waals surface area contributed by atoms with Gasteiger partial charge >= 0.3 is 5.97 Å². The lowest BCUT2D eigenvalue weighted by Crippen LogP contribution is -2.01. The number of unbranched alkanes of at least 4 members (excludes halogenated alkanes) is 1. The summed E-state index contributed by atoms with van der Waals surface area (Å²) < 4.78 is 11.6. The van der Waals surface area contributed by atoms with Crippen molar-refractivity contribution in [2.75, 3.05) is 0 Å². The second kappa shape index (κ2) is 11.7. The van der Waals surface area contributed by atoms with Crippen LogP contribution in [0.15, 0.2) is 60.3 Å². The van der Waals surface area contributed by atoms with Gasteiger partial charge in [0, 0.05) is 22.2 Å². The van der Waals surface area contributed by atoms with Crippen LogP contribution in [0.5, 0.6) is 17.4 Å². The molecule has 0 radical (unpaired) electrons. The SMILES string of the molecule is CCCCC(=Cc1cc(Cl)c(Oc2ccc(OCc3ccccc3Cl)cn2)cc1C)C(=O)O. The first-order valence-corrected chi connectivity index (χ1v) is 11.4. The van der Waals surface area contributed by atoms with Crippen LogP contribution in [0, 0.1) is 6.92 Å². The lowest BCUT2D eigenvalue weighted by Gasteiger charge is -2.12. The van der Waals surface area contributed by atoms with Crippen LogP contribution in [0.1, 0.15) is 42.9 Å². The minimum absolute atomic E-state index is 0.331. The van der Waals surface area contributed by atoms with Crippen LogP contribution < -0.4 is 9.47 Å². The number of carboxylic acids is 1. The summed E-state index contributed by atoms with van der Waals surface area (Å²) in [6.45, 7) is 4.24. The molecule has 0 atom stereocenters. The topological polar surface area (TPSA) is 68.7 Å². The molecule has 0 bridgehead atoms. The summed E-state index contributed by atoms with van der Waals surface area (Å²) in [4.78, 5) is 15.8. The Morgan fingerprint density at radius 2 is 1.91 bits per heavy atom. The molecule has 0 fully saturated rings. The van der Waals surface area contributed by atoms with Gasteiger partial charge in [-0.05, 0) is 61.2 Å². The molecule has 0 aliphatic heterocycles. The minimum atomic E-state index is -0.916. The molecule has 3 aromatic rings. The van der Waals surface area contributed by atoms with Crippen LogP contribution in [-0.4, -0.2) is 16.1 Å². The Morgan fingerprint density at radius 1 is 1.12 bits per heavy atom. The second-order valence-corrected chi connectivity index (χ2v) is 8.35. The van der Waals surface area contributed by atoms with Crippen molar-refractivity contribution in [2.45, 2.75) is 39.7 Å². The number of aryl methyl sites for hydroxylation is 1. The molecular weight excluding hydrogens is 461 g/mol. The highest BCUT2D eigenvalue weighted by atomic mass is 35.5. The third-order valence-electron chi connectivity index (χ3n) is 5.00. The van der Waals surface area contributed by atoms with Gasteiger partial charge in [0.15, 0.2) is 0 Å². The monoisotopic (exact) mass is 485 g/mol. The number of pyridine rings is 1. The van der Waals surface area contributed by atoms with Crippen molar-refractivity contribution in [2.24, 2.45) is 0 Å². The maximum absolute atomic E-state index is 11.5. The largest absolute Gasteiger partial charge is 0.487 e. The summed E-state index contributed by atoms with van der Waals surface area (Å²) >= 11 is 12.6. The Hall–Kier alpha value is -3.02. The van der Waals surface area contributed by atoms with Gasteiger partial charge in [-0.3, -0.25) is 0 Å². The number of rotatable bonds is 10. The number of halogens is 2. The van der Waals surface area contributed by atoms with E-state index >= 15 is 0 Å². The first-order valence-electron chi connectivity index (χ1n) is 10.6.